The van der Waals surface area contributed by atoms with E-state index in [-0.39, 0.29) is 0 Å². The molecule has 0 saturated carbocycles. The molecule has 0 aliphatic heterocycles. The fourth-order valence-corrected chi connectivity index (χ4v) is 0. The van der Waals surface area contributed by atoms with Crippen molar-refractivity contribution in [2.45, 2.75) is 6.92 Å². The highest BCUT2D eigenvalue weighted by molar-refractivity contribution is 6.04. The Hall–Kier alpha value is 0.177. The first-order valence-electron chi connectivity index (χ1n) is 1.41. The van der Waals surface area contributed by atoms with Crippen LogP contribution in [0.2, 0.25) is 0 Å². The molecular formula is C2H8NSi. The molecule has 0 bridgehead atoms. The average Bonchev–Trinajstić information content (AvgIpc) is 1.37. The Morgan fingerprint density at radius 1 is 2.00 bits per heavy atom. The molecule has 25 valence electrons. The van der Waals surface area contributed by atoms with Crippen LogP contribution in [0.1, 0.15) is 6.92 Å². The molecule has 0 aromatic heterocycles. The first-order valence-corrected chi connectivity index (χ1v) is 2.12. The lowest BCUT2D eigenvalue weighted by Crippen LogP contribution is -2.04. The molecule has 1 nitrogen and oxygen atoms in total. The van der Waals surface area contributed by atoms with E-state index < -0.39 is 0 Å². The number of rotatable bonds is 1. The molecule has 0 aliphatic rings. The number of nitrogens with one attached hydrogen (secondary N) is 1. The monoisotopic (exact) mass is 74.0 g/mol. The summed E-state index contributed by atoms with van der Waals surface area (Å²) in [6.07, 6.45) is 0. The van der Waals surface area contributed by atoms with Crippen molar-refractivity contribution < 1.29 is 0 Å². The van der Waals surface area contributed by atoms with Crippen LogP contribution >= 0.6 is 0 Å². The first kappa shape index (κ1) is 4.18. The Morgan fingerprint density at radius 2 is 2.25 bits per heavy atom. The molecule has 0 heterocycles. The van der Waals surface area contributed by atoms with Gasteiger partial charge in [0.15, 0.2) is 0 Å². The summed E-state index contributed by atoms with van der Waals surface area (Å²) in [6, 6.07) is 0. The molecule has 0 unspecified atom stereocenters. The van der Waals surface area contributed by atoms with E-state index in [0.29, 0.717) is 0 Å². The van der Waals surface area contributed by atoms with E-state index in [4.69, 9.17) is 0 Å². The highest BCUT2D eigenvalue weighted by atomic mass is 28.2. The quantitative estimate of drug-likeness (QED) is 0.399. The molecule has 0 rings (SSSR count). The van der Waals surface area contributed by atoms with Gasteiger partial charge in [0.2, 0.25) is 0 Å². The van der Waals surface area contributed by atoms with Crippen LogP contribution in [0.25, 0.3) is 0 Å². The lowest BCUT2D eigenvalue weighted by atomic mass is 10.8. The highest BCUT2D eigenvalue weighted by Crippen LogP contribution is 1.33. The van der Waals surface area contributed by atoms with Gasteiger partial charge >= 0.3 is 0 Å². The summed E-state index contributed by atoms with van der Waals surface area (Å²) in [7, 11) is 1.77. The second kappa shape index (κ2) is 3.18. The molecule has 1 N–H and O–H groups in total. The molecule has 0 fully saturated rings. The number of hydrogen-bond donors (Lipinski definition) is 1. The first-order chi connectivity index (χ1) is 1.91. The summed E-state index contributed by atoms with van der Waals surface area (Å²) < 4.78 is 0. The Bertz CT molecular complexity index is 8.00. The predicted molar refractivity (Wildman–Crippen MR) is 22.2 cm³/mol. The van der Waals surface area contributed by atoms with Gasteiger partial charge in [0, 0.05) is 0 Å². The van der Waals surface area contributed by atoms with Gasteiger partial charge in [-0.25, -0.2) is 0 Å². The number of hydrogen-bond acceptors (Lipinski definition) is 1. The molecule has 0 aliphatic carbocycles. The zero-order valence-corrected chi connectivity index (χ0v) is 4.33. The van der Waals surface area contributed by atoms with Crippen LogP contribution in [-0.2, 0) is 0 Å². The Morgan fingerprint density at radius 3 is 2.25 bits per heavy atom. The lowest BCUT2D eigenvalue weighted by molar-refractivity contribution is 1.02. The van der Waals surface area contributed by atoms with E-state index in [1.165, 1.54) is 0 Å². The van der Waals surface area contributed by atoms with Crippen molar-refractivity contribution in [2.24, 2.45) is 0 Å². The average molecular weight is 74.2 g/mol. The summed E-state index contributed by atoms with van der Waals surface area (Å²) in [6.45, 7) is 3.16. The highest BCUT2D eigenvalue weighted by Gasteiger charge is 1.51. The van der Waals surface area contributed by atoms with E-state index in [2.05, 4.69) is 11.9 Å². The SMILES string of the molecule is CCN[SiH2]. The maximum absolute atomic E-state index is 2.96. The Labute approximate surface area is 29.9 Å². The van der Waals surface area contributed by atoms with Crippen molar-refractivity contribution in [3.63, 3.8) is 0 Å². The topological polar surface area (TPSA) is 12.0 Å². The fourth-order valence-electron chi connectivity index (χ4n) is 0. The van der Waals surface area contributed by atoms with Gasteiger partial charge in [0.1, 0.15) is 0 Å². The second-order valence-corrected chi connectivity index (χ2v) is 1.10. The molecule has 0 aromatic rings. The second-order valence-electron chi connectivity index (χ2n) is 0.604. The van der Waals surface area contributed by atoms with Crippen LogP contribution in [0.15, 0.2) is 0 Å². The molecule has 4 heavy (non-hydrogen) atoms. The van der Waals surface area contributed by atoms with Gasteiger partial charge in [-0.15, -0.1) is 0 Å². The Balaban J connectivity index is 1.97. The summed E-state index contributed by atoms with van der Waals surface area (Å²) >= 11 is 0. The van der Waals surface area contributed by atoms with Crippen molar-refractivity contribution in [2.75, 3.05) is 6.54 Å². The molecule has 1 radical (unpaired) electrons. The van der Waals surface area contributed by atoms with Crippen LogP contribution in [0.4, 0.5) is 0 Å². The summed E-state index contributed by atoms with van der Waals surface area (Å²) in [5.74, 6) is 0. The van der Waals surface area contributed by atoms with Crippen LogP contribution in [0, 0.1) is 0 Å². The fraction of sp³-hybridized carbons (Fsp3) is 1.00. The largest absolute Gasteiger partial charge is 0.344 e. The van der Waals surface area contributed by atoms with Gasteiger partial charge in [-0.2, -0.15) is 0 Å². The van der Waals surface area contributed by atoms with E-state index in [0.717, 1.165) is 6.54 Å². The van der Waals surface area contributed by atoms with Gasteiger partial charge in [-0.05, 0) is 6.54 Å². The molecule has 0 atom stereocenters. The molecular weight excluding hydrogens is 66.1 g/mol. The predicted octanol–water partition coefficient (Wildman–Crippen LogP) is -0.856. The van der Waals surface area contributed by atoms with Crippen LogP contribution in [0.3, 0.4) is 0 Å². The minimum atomic E-state index is 1.08. The zero-order chi connectivity index (χ0) is 3.41. The van der Waals surface area contributed by atoms with Crippen LogP contribution in [-0.4, -0.2) is 16.9 Å². The van der Waals surface area contributed by atoms with Gasteiger partial charge in [0.05, 0.1) is 10.4 Å². The van der Waals surface area contributed by atoms with Gasteiger partial charge in [0.25, 0.3) is 0 Å². The van der Waals surface area contributed by atoms with Gasteiger partial charge in [-0.1, -0.05) is 6.92 Å². The normalized spacial score (nSPS) is 7.50. The molecule has 0 amide bonds. The molecule has 0 aromatic carbocycles. The van der Waals surface area contributed by atoms with E-state index in [1.807, 2.05) is 0 Å². The lowest BCUT2D eigenvalue weighted by Gasteiger charge is -1.75. The van der Waals surface area contributed by atoms with Crippen molar-refractivity contribution in [3.05, 3.63) is 0 Å². The smallest absolute Gasteiger partial charge is 0.0932 e. The van der Waals surface area contributed by atoms with Crippen LogP contribution < -0.4 is 4.98 Å². The van der Waals surface area contributed by atoms with Crippen molar-refractivity contribution in [1.82, 2.24) is 4.98 Å². The maximum atomic E-state index is 2.96. The minimum absolute atomic E-state index is 1.08. The third-order valence-electron chi connectivity index (χ3n) is 0.250. The van der Waals surface area contributed by atoms with Gasteiger partial charge < -0.3 is 4.98 Å². The summed E-state index contributed by atoms with van der Waals surface area (Å²) in [5.41, 5.74) is 0. The molecule has 0 spiro atoms. The van der Waals surface area contributed by atoms with E-state index in [9.17, 15) is 0 Å². The van der Waals surface area contributed by atoms with Crippen molar-refractivity contribution >= 4 is 10.4 Å². The third-order valence-corrected chi connectivity index (χ3v) is 0.750. The standard InChI is InChI=1S/C2H8NSi/c1-2-3-4/h3H,2,4H2,1H3. The van der Waals surface area contributed by atoms with E-state index >= 15 is 0 Å². The maximum Gasteiger partial charge on any atom is 0.0932 e. The summed E-state index contributed by atoms with van der Waals surface area (Å²) in [5, 5.41) is 0. The van der Waals surface area contributed by atoms with Crippen molar-refractivity contribution in [3.8, 4) is 0 Å². The third kappa shape index (κ3) is 2.18. The van der Waals surface area contributed by atoms with E-state index in [1.54, 1.807) is 10.4 Å². The summed E-state index contributed by atoms with van der Waals surface area (Å²) in [4.78, 5) is 2.96. The molecule has 2 heteroatoms. The zero-order valence-electron chi connectivity index (χ0n) is 2.91. The molecule has 0 saturated heterocycles. The van der Waals surface area contributed by atoms with Crippen LogP contribution in [0.5, 0.6) is 0 Å². The van der Waals surface area contributed by atoms with Gasteiger partial charge in [-0.3, -0.25) is 0 Å². The van der Waals surface area contributed by atoms with Crippen molar-refractivity contribution in [1.29, 1.82) is 0 Å². The minimum Gasteiger partial charge on any atom is -0.344 e. The Kier molecular flexibility index (Phi) is 3.32.